The molecule has 2 aromatic carbocycles. The molecule has 0 radical (unpaired) electrons. The summed E-state index contributed by atoms with van der Waals surface area (Å²) in [6, 6.07) is 18.6. The van der Waals surface area contributed by atoms with Gasteiger partial charge in [0.25, 0.3) is 0 Å². The Balaban J connectivity index is 1.39. The van der Waals surface area contributed by atoms with Crippen LogP contribution in [-0.4, -0.2) is 10.9 Å². The lowest BCUT2D eigenvalue weighted by Gasteiger charge is -2.32. The van der Waals surface area contributed by atoms with E-state index in [9.17, 15) is 4.79 Å². The van der Waals surface area contributed by atoms with Gasteiger partial charge in [0.1, 0.15) is 0 Å². The molecule has 1 fully saturated rings. The van der Waals surface area contributed by atoms with E-state index >= 15 is 0 Å². The van der Waals surface area contributed by atoms with Crippen molar-refractivity contribution in [3.63, 3.8) is 0 Å². The number of anilines is 1. The van der Waals surface area contributed by atoms with Gasteiger partial charge in [-0.25, -0.2) is 0 Å². The van der Waals surface area contributed by atoms with Gasteiger partial charge in [-0.1, -0.05) is 42.8 Å². The van der Waals surface area contributed by atoms with E-state index in [-0.39, 0.29) is 11.8 Å². The van der Waals surface area contributed by atoms with Gasteiger partial charge in [-0.15, -0.1) is 0 Å². The van der Waals surface area contributed by atoms with Gasteiger partial charge in [-0.3, -0.25) is 9.78 Å². The van der Waals surface area contributed by atoms with E-state index in [4.69, 9.17) is 0 Å². The highest BCUT2D eigenvalue weighted by atomic mass is 16.1. The molecule has 1 N–H and O–H groups in total. The van der Waals surface area contributed by atoms with E-state index in [0.717, 1.165) is 36.9 Å². The highest BCUT2D eigenvalue weighted by Crippen LogP contribution is 2.40. The summed E-state index contributed by atoms with van der Waals surface area (Å²) in [5.41, 5.74) is 4.58. The Bertz CT molecular complexity index is 950. The number of pyridine rings is 1. The molecule has 3 nitrogen and oxygen atoms in total. The summed E-state index contributed by atoms with van der Waals surface area (Å²) >= 11 is 0. The molecule has 3 aromatic rings. The maximum atomic E-state index is 12.7. The van der Waals surface area contributed by atoms with E-state index < -0.39 is 0 Å². The van der Waals surface area contributed by atoms with Crippen LogP contribution in [0, 0.1) is 18.8 Å². The monoisotopic (exact) mass is 372 g/mol. The van der Waals surface area contributed by atoms with Crippen LogP contribution in [0.5, 0.6) is 0 Å². The summed E-state index contributed by atoms with van der Waals surface area (Å²) in [5, 5.41) is 4.36. The summed E-state index contributed by atoms with van der Waals surface area (Å²) in [4.78, 5) is 17.2. The average Bonchev–Trinajstić information content (AvgIpc) is 2.74. The molecule has 0 spiro atoms. The largest absolute Gasteiger partial charge is 0.326 e. The molecule has 4 rings (SSSR count). The number of nitrogens with one attached hydrogen (secondary N) is 1. The average molecular weight is 373 g/mol. The fraction of sp³-hybridized carbons (Fsp3) is 0.360. The standard InChI is InChI=1S/C25H28N2O/c1-17-7-13-21(14-8-17)27-25(28)18(2)19-9-11-20(12-10-19)22-15-16-26-24-6-4-3-5-23(22)24/h3-8,13-16,18-20H,9-12H2,1-2H3,(H,27,28). The fourth-order valence-electron chi connectivity index (χ4n) is 4.51. The molecule has 1 amide bonds. The number of benzene rings is 2. The van der Waals surface area contributed by atoms with Crippen molar-refractivity contribution in [2.45, 2.75) is 45.4 Å². The van der Waals surface area contributed by atoms with E-state index in [1.165, 1.54) is 16.5 Å². The van der Waals surface area contributed by atoms with Gasteiger partial charge >= 0.3 is 0 Å². The zero-order valence-electron chi connectivity index (χ0n) is 16.7. The van der Waals surface area contributed by atoms with Crippen molar-refractivity contribution in [3.8, 4) is 0 Å². The molecule has 144 valence electrons. The van der Waals surface area contributed by atoms with Crippen molar-refractivity contribution in [2.75, 3.05) is 5.32 Å². The van der Waals surface area contributed by atoms with Gasteiger partial charge in [0.2, 0.25) is 5.91 Å². The quantitative estimate of drug-likeness (QED) is 0.602. The Morgan fingerprint density at radius 1 is 1.00 bits per heavy atom. The van der Waals surface area contributed by atoms with E-state index in [0.29, 0.717) is 11.8 Å². The number of hydrogen-bond acceptors (Lipinski definition) is 2. The zero-order valence-corrected chi connectivity index (χ0v) is 16.7. The van der Waals surface area contributed by atoms with Crippen LogP contribution in [0.1, 0.15) is 49.7 Å². The van der Waals surface area contributed by atoms with E-state index in [1.54, 1.807) is 0 Å². The van der Waals surface area contributed by atoms with Crippen molar-refractivity contribution < 1.29 is 4.79 Å². The third-order valence-electron chi connectivity index (χ3n) is 6.33. The molecule has 1 aromatic heterocycles. The number of aryl methyl sites for hydroxylation is 1. The molecule has 0 bridgehead atoms. The van der Waals surface area contributed by atoms with Crippen LogP contribution in [-0.2, 0) is 4.79 Å². The topological polar surface area (TPSA) is 42.0 Å². The van der Waals surface area contributed by atoms with Crippen molar-refractivity contribution >= 4 is 22.5 Å². The molecular weight excluding hydrogens is 344 g/mol. The van der Waals surface area contributed by atoms with Crippen molar-refractivity contribution in [3.05, 3.63) is 71.9 Å². The number of nitrogens with zero attached hydrogens (tertiary/aromatic N) is 1. The van der Waals surface area contributed by atoms with Crippen LogP contribution in [0.2, 0.25) is 0 Å². The smallest absolute Gasteiger partial charge is 0.227 e. The molecule has 1 aliphatic rings. The second kappa shape index (κ2) is 8.14. The Kier molecular flexibility index (Phi) is 5.43. The molecule has 1 saturated carbocycles. The molecule has 1 aliphatic carbocycles. The van der Waals surface area contributed by atoms with Crippen LogP contribution in [0.15, 0.2) is 60.8 Å². The van der Waals surface area contributed by atoms with Gasteiger partial charge in [-0.05, 0) is 74.3 Å². The summed E-state index contributed by atoms with van der Waals surface area (Å²) in [7, 11) is 0. The van der Waals surface area contributed by atoms with E-state index in [2.05, 4.69) is 48.4 Å². The fourth-order valence-corrected chi connectivity index (χ4v) is 4.51. The van der Waals surface area contributed by atoms with Crippen LogP contribution >= 0.6 is 0 Å². The predicted octanol–water partition coefficient (Wildman–Crippen LogP) is 6.09. The van der Waals surface area contributed by atoms with Crippen LogP contribution in [0.25, 0.3) is 10.9 Å². The second-order valence-corrected chi connectivity index (χ2v) is 8.17. The molecular formula is C25H28N2O. The first-order valence-electron chi connectivity index (χ1n) is 10.3. The molecule has 28 heavy (non-hydrogen) atoms. The number of amides is 1. The SMILES string of the molecule is Cc1ccc(NC(=O)C(C)C2CCC(c3ccnc4ccccc34)CC2)cc1. The van der Waals surface area contributed by atoms with Crippen LogP contribution in [0.3, 0.4) is 0 Å². The number of hydrogen-bond donors (Lipinski definition) is 1. The molecule has 0 saturated heterocycles. The van der Waals surface area contributed by atoms with Crippen LogP contribution in [0.4, 0.5) is 5.69 Å². The first-order chi connectivity index (χ1) is 13.6. The minimum atomic E-state index is 0.0384. The molecule has 0 aliphatic heterocycles. The van der Waals surface area contributed by atoms with Crippen molar-refractivity contribution in [1.29, 1.82) is 0 Å². The van der Waals surface area contributed by atoms with Crippen LogP contribution < -0.4 is 5.32 Å². The number of carbonyl (C=O) groups is 1. The molecule has 1 heterocycles. The Morgan fingerprint density at radius 3 is 2.46 bits per heavy atom. The van der Waals surface area contributed by atoms with Gasteiger partial charge < -0.3 is 5.32 Å². The van der Waals surface area contributed by atoms with Gasteiger partial charge in [0, 0.05) is 23.2 Å². The third-order valence-corrected chi connectivity index (χ3v) is 6.33. The molecule has 1 unspecified atom stereocenters. The highest BCUT2D eigenvalue weighted by molar-refractivity contribution is 5.92. The maximum absolute atomic E-state index is 12.7. The Hall–Kier alpha value is -2.68. The number of rotatable bonds is 4. The predicted molar refractivity (Wildman–Crippen MR) is 115 cm³/mol. The lowest BCUT2D eigenvalue weighted by molar-refractivity contribution is -0.121. The maximum Gasteiger partial charge on any atom is 0.227 e. The number of para-hydroxylation sites is 1. The Labute approximate surface area is 167 Å². The first kappa shape index (κ1) is 18.7. The minimum absolute atomic E-state index is 0.0384. The summed E-state index contributed by atoms with van der Waals surface area (Å²) in [6.07, 6.45) is 6.41. The van der Waals surface area contributed by atoms with E-state index in [1.807, 2.05) is 36.5 Å². The second-order valence-electron chi connectivity index (χ2n) is 8.17. The normalized spacial score (nSPS) is 20.6. The van der Waals surface area contributed by atoms with Gasteiger partial charge in [0.15, 0.2) is 0 Å². The van der Waals surface area contributed by atoms with Crippen molar-refractivity contribution in [2.24, 2.45) is 11.8 Å². The number of fused-ring (bicyclic) bond motifs is 1. The summed E-state index contributed by atoms with van der Waals surface area (Å²) < 4.78 is 0. The van der Waals surface area contributed by atoms with Gasteiger partial charge in [0.05, 0.1) is 5.52 Å². The van der Waals surface area contributed by atoms with Crippen molar-refractivity contribution in [1.82, 2.24) is 4.98 Å². The summed E-state index contributed by atoms with van der Waals surface area (Å²) in [5.74, 6) is 1.20. The molecule has 3 heteroatoms. The highest BCUT2D eigenvalue weighted by Gasteiger charge is 2.30. The lowest BCUT2D eigenvalue weighted by Crippen LogP contribution is -2.29. The Morgan fingerprint density at radius 2 is 1.71 bits per heavy atom. The number of aromatic nitrogens is 1. The molecule has 1 atom stereocenters. The first-order valence-corrected chi connectivity index (χ1v) is 10.3. The zero-order chi connectivity index (χ0) is 19.5. The lowest BCUT2D eigenvalue weighted by atomic mass is 9.73. The van der Waals surface area contributed by atoms with Gasteiger partial charge in [-0.2, -0.15) is 0 Å². The third kappa shape index (κ3) is 3.94. The number of carbonyl (C=O) groups excluding carboxylic acids is 1. The minimum Gasteiger partial charge on any atom is -0.326 e. The summed E-state index contributed by atoms with van der Waals surface area (Å²) in [6.45, 7) is 4.13.